The fourth-order valence-corrected chi connectivity index (χ4v) is 2.61. The van der Waals surface area contributed by atoms with Crippen LogP contribution in [-0.4, -0.2) is 18.3 Å². The number of ether oxygens (including phenoxy) is 1. The van der Waals surface area contributed by atoms with E-state index in [4.69, 9.17) is 4.74 Å². The summed E-state index contributed by atoms with van der Waals surface area (Å²) >= 11 is 0. The zero-order valence-corrected chi connectivity index (χ0v) is 11.0. The Kier molecular flexibility index (Phi) is 3.32. The van der Waals surface area contributed by atoms with Crippen molar-refractivity contribution < 1.29 is 14.2 Å². The SMILES string of the molecule is OCC1(Nc2ccccc2F)CCOc2ccccc21. The van der Waals surface area contributed by atoms with Gasteiger partial charge in [-0.1, -0.05) is 30.3 Å². The van der Waals surface area contributed by atoms with Crippen molar-refractivity contribution in [1.29, 1.82) is 0 Å². The third kappa shape index (κ3) is 2.12. The number of hydrogen-bond acceptors (Lipinski definition) is 3. The summed E-state index contributed by atoms with van der Waals surface area (Å²) in [6, 6.07) is 14.0. The Morgan fingerprint density at radius 3 is 2.70 bits per heavy atom. The third-order valence-electron chi connectivity index (χ3n) is 3.71. The highest BCUT2D eigenvalue weighted by molar-refractivity contribution is 5.52. The van der Waals surface area contributed by atoms with Crippen LogP contribution in [0.15, 0.2) is 48.5 Å². The topological polar surface area (TPSA) is 41.5 Å². The summed E-state index contributed by atoms with van der Waals surface area (Å²) in [6.07, 6.45) is 0.578. The van der Waals surface area contributed by atoms with Gasteiger partial charge in [-0.15, -0.1) is 0 Å². The molecule has 0 bridgehead atoms. The summed E-state index contributed by atoms with van der Waals surface area (Å²) in [5.74, 6) is 0.404. The number of aliphatic hydroxyl groups is 1. The molecule has 3 rings (SSSR count). The fraction of sp³-hybridized carbons (Fsp3) is 0.250. The number of anilines is 1. The highest BCUT2D eigenvalue weighted by atomic mass is 19.1. The summed E-state index contributed by atoms with van der Waals surface area (Å²) in [7, 11) is 0. The average molecular weight is 273 g/mol. The van der Waals surface area contributed by atoms with Crippen LogP contribution in [0.25, 0.3) is 0 Å². The molecular formula is C16H16FNO2. The minimum absolute atomic E-state index is 0.123. The molecule has 20 heavy (non-hydrogen) atoms. The molecule has 3 nitrogen and oxygen atoms in total. The molecule has 0 saturated carbocycles. The van der Waals surface area contributed by atoms with Crippen LogP contribution in [-0.2, 0) is 5.54 Å². The van der Waals surface area contributed by atoms with Gasteiger partial charge in [-0.05, 0) is 18.2 Å². The molecule has 0 amide bonds. The Bertz CT molecular complexity index is 617. The molecule has 1 heterocycles. The summed E-state index contributed by atoms with van der Waals surface area (Å²) < 4.78 is 19.5. The van der Waals surface area contributed by atoms with Gasteiger partial charge in [0, 0.05) is 12.0 Å². The number of benzene rings is 2. The molecule has 0 saturated heterocycles. The van der Waals surface area contributed by atoms with Crippen molar-refractivity contribution in [2.75, 3.05) is 18.5 Å². The normalized spacial score (nSPS) is 20.9. The van der Waals surface area contributed by atoms with Gasteiger partial charge in [0.1, 0.15) is 11.6 Å². The number of nitrogens with one attached hydrogen (secondary N) is 1. The van der Waals surface area contributed by atoms with Gasteiger partial charge in [-0.25, -0.2) is 4.39 Å². The Balaban J connectivity index is 2.03. The van der Waals surface area contributed by atoms with Gasteiger partial charge in [0.15, 0.2) is 0 Å². The van der Waals surface area contributed by atoms with E-state index in [0.29, 0.717) is 18.7 Å². The maximum atomic E-state index is 13.9. The molecule has 2 aromatic carbocycles. The highest BCUT2D eigenvalue weighted by Gasteiger charge is 2.37. The Hall–Kier alpha value is -2.07. The number of para-hydroxylation sites is 2. The first-order valence-corrected chi connectivity index (χ1v) is 6.61. The highest BCUT2D eigenvalue weighted by Crippen LogP contribution is 2.39. The van der Waals surface area contributed by atoms with E-state index >= 15 is 0 Å². The van der Waals surface area contributed by atoms with Gasteiger partial charge in [0.25, 0.3) is 0 Å². The lowest BCUT2D eigenvalue weighted by atomic mass is 9.85. The van der Waals surface area contributed by atoms with Gasteiger partial charge in [-0.2, -0.15) is 0 Å². The lowest BCUT2D eigenvalue weighted by molar-refractivity contribution is 0.152. The Morgan fingerprint density at radius 1 is 1.15 bits per heavy atom. The molecule has 104 valence electrons. The van der Waals surface area contributed by atoms with Gasteiger partial charge in [-0.3, -0.25) is 0 Å². The first-order valence-electron chi connectivity index (χ1n) is 6.61. The second-order valence-electron chi connectivity index (χ2n) is 4.94. The molecular weight excluding hydrogens is 257 g/mol. The first kappa shape index (κ1) is 12.9. The average Bonchev–Trinajstić information content (AvgIpc) is 2.50. The second kappa shape index (κ2) is 5.13. The first-order chi connectivity index (χ1) is 9.75. The van der Waals surface area contributed by atoms with E-state index in [-0.39, 0.29) is 12.4 Å². The van der Waals surface area contributed by atoms with E-state index in [1.165, 1.54) is 6.07 Å². The predicted octanol–water partition coefficient (Wildman–Crippen LogP) is 2.91. The Labute approximate surface area is 117 Å². The fourth-order valence-electron chi connectivity index (χ4n) is 2.61. The van der Waals surface area contributed by atoms with Crippen molar-refractivity contribution in [3.8, 4) is 5.75 Å². The molecule has 0 aromatic heterocycles. The summed E-state index contributed by atoms with van der Waals surface area (Å²) in [5, 5.41) is 13.1. The van der Waals surface area contributed by atoms with Gasteiger partial charge in [0.2, 0.25) is 0 Å². The van der Waals surface area contributed by atoms with Crippen LogP contribution in [0.3, 0.4) is 0 Å². The van der Waals surface area contributed by atoms with E-state index in [0.717, 1.165) is 11.3 Å². The van der Waals surface area contributed by atoms with Crippen LogP contribution in [0, 0.1) is 5.82 Å². The predicted molar refractivity (Wildman–Crippen MR) is 75.3 cm³/mol. The maximum absolute atomic E-state index is 13.9. The molecule has 2 N–H and O–H groups in total. The van der Waals surface area contributed by atoms with E-state index in [9.17, 15) is 9.50 Å². The molecule has 2 aromatic rings. The monoisotopic (exact) mass is 273 g/mol. The summed E-state index contributed by atoms with van der Waals surface area (Å²) in [5.41, 5.74) is 0.534. The van der Waals surface area contributed by atoms with E-state index in [1.54, 1.807) is 18.2 Å². The Morgan fingerprint density at radius 2 is 1.90 bits per heavy atom. The quantitative estimate of drug-likeness (QED) is 0.903. The number of halogens is 1. The van der Waals surface area contributed by atoms with Crippen molar-refractivity contribution in [1.82, 2.24) is 0 Å². The van der Waals surface area contributed by atoms with Crippen molar-refractivity contribution >= 4 is 5.69 Å². The minimum atomic E-state index is -0.711. The maximum Gasteiger partial charge on any atom is 0.146 e. The van der Waals surface area contributed by atoms with Crippen molar-refractivity contribution in [3.05, 3.63) is 59.9 Å². The van der Waals surface area contributed by atoms with Gasteiger partial charge in [0.05, 0.1) is 24.4 Å². The van der Waals surface area contributed by atoms with E-state index in [2.05, 4.69) is 5.32 Å². The van der Waals surface area contributed by atoms with Crippen molar-refractivity contribution in [2.24, 2.45) is 0 Å². The smallest absolute Gasteiger partial charge is 0.146 e. The zero-order valence-electron chi connectivity index (χ0n) is 11.0. The van der Waals surface area contributed by atoms with Crippen molar-refractivity contribution in [2.45, 2.75) is 12.0 Å². The van der Waals surface area contributed by atoms with Crippen LogP contribution in [0.5, 0.6) is 5.75 Å². The molecule has 0 radical (unpaired) electrons. The molecule has 1 unspecified atom stereocenters. The number of hydrogen-bond donors (Lipinski definition) is 2. The third-order valence-corrected chi connectivity index (χ3v) is 3.71. The summed E-state index contributed by atoms with van der Waals surface area (Å²) in [4.78, 5) is 0. The number of rotatable bonds is 3. The largest absolute Gasteiger partial charge is 0.493 e. The number of fused-ring (bicyclic) bond motifs is 1. The van der Waals surface area contributed by atoms with Crippen LogP contribution in [0.1, 0.15) is 12.0 Å². The molecule has 0 fully saturated rings. The van der Waals surface area contributed by atoms with Gasteiger partial charge < -0.3 is 15.2 Å². The molecule has 1 atom stereocenters. The van der Waals surface area contributed by atoms with E-state index in [1.807, 2.05) is 24.3 Å². The van der Waals surface area contributed by atoms with Crippen LogP contribution in [0.4, 0.5) is 10.1 Å². The molecule has 1 aliphatic rings. The lowest BCUT2D eigenvalue weighted by Crippen LogP contribution is -2.43. The molecule has 1 aliphatic heterocycles. The minimum Gasteiger partial charge on any atom is -0.493 e. The summed E-state index contributed by atoms with van der Waals surface area (Å²) in [6.45, 7) is 0.362. The molecule has 4 heteroatoms. The molecule has 0 aliphatic carbocycles. The number of aliphatic hydroxyl groups excluding tert-OH is 1. The van der Waals surface area contributed by atoms with Crippen LogP contribution < -0.4 is 10.1 Å². The van der Waals surface area contributed by atoms with Crippen LogP contribution in [0.2, 0.25) is 0 Å². The molecule has 0 spiro atoms. The van der Waals surface area contributed by atoms with Crippen molar-refractivity contribution in [3.63, 3.8) is 0 Å². The van der Waals surface area contributed by atoms with Gasteiger partial charge >= 0.3 is 0 Å². The van der Waals surface area contributed by atoms with E-state index < -0.39 is 5.54 Å². The standard InChI is InChI=1S/C16H16FNO2/c17-13-6-2-3-7-14(13)18-16(11-19)9-10-20-15-8-4-1-5-12(15)16/h1-8,18-19H,9-11H2. The van der Waals surface area contributed by atoms with Crippen LogP contribution >= 0.6 is 0 Å². The second-order valence-corrected chi connectivity index (χ2v) is 4.94. The lowest BCUT2D eigenvalue weighted by Gasteiger charge is -2.39. The zero-order chi connectivity index (χ0) is 14.0.